The molecule has 0 bridgehead atoms. The van der Waals surface area contributed by atoms with E-state index in [1.807, 2.05) is 0 Å². The lowest BCUT2D eigenvalue weighted by Crippen LogP contribution is -2.30. The van der Waals surface area contributed by atoms with Crippen molar-refractivity contribution in [1.29, 1.82) is 0 Å². The van der Waals surface area contributed by atoms with E-state index in [0.717, 1.165) is 0 Å². The van der Waals surface area contributed by atoms with Crippen molar-refractivity contribution in [1.82, 2.24) is 0 Å². The third-order valence-electron chi connectivity index (χ3n) is 4.55. The molecule has 0 saturated carbocycles. The molecule has 22 heavy (non-hydrogen) atoms. The number of hydrogen-bond acceptors (Lipinski definition) is 0. The molecule has 0 aromatic heterocycles. The number of hydrogen-bond donors (Lipinski definition) is 0. The monoisotopic (exact) mass is 324 g/mol. The van der Waals surface area contributed by atoms with Gasteiger partial charge in [-0.15, -0.1) is 0 Å². The second kappa shape index (κ2) is 8.49. The summed E-state index contributed by atoms with van der Waals surface area (Å²) in [4.78, 5) is 0. The predicted octanol–water partition coefficient (Wildman–Crippen LogP) is 5.42. The van der Waals surface area contributed by atoms with E-state index in [0.29, 0.717) is 0 Å². The second-order valence-corrected chi connectivity index (χ2v) is 15.8. The van der Waals surface area contributed by atoms with Crippen LogP contribution < -0.4 is 0 Å². The zero-order chi connectivity index (χ0) is 15.9. The molecule has 0 heterocycles. The first-order chi connectivity index (χ1) is 10.5. The fourth-order valence-corrected chi connectivity index (χ4v) is 8.09. The molecule has 2 heteroatoms. The van der Waals surface area contributed by atoms with Crippen molar-refractivity contribution in [2.24, 2.45) is 0 Å². The quantitative estimate of drug-likeness (QED) is 0.597. The van der Waals surface area contributed by atoms with Crippen LogP contribution in [0.2, 0.25) is 25.2 Å². The van der Waals surface area contributed by atoms with Gasteiger partial charge in [0, 0.05) is 16.6 Å². The van der Waals surface area contributed by atoms with Crippen LogP contribution in [0.15, 0.2) is 48.5 Å². The summed E-state index contributed by atoms with van der Waals surface area (Å²) in [5.74, 6) is 0. The summed E-state index contributed by atoms with van der Waals surface area (Å²) in [5, 5.41) is 0. The average molecular weight is 325 g/mol. The minimum atomic E-state index is -0.151. The Kier molecular flexibility index (Phi) is 6.65. The molecule has 0 N–H and O–H groups in total. The molecule has 0 fully saturated rings. The molecule has 116 valence electrons. The summed E-state index contributed by atoms with van der Waals surface area (Å²) in [7, 11) is -0.301. The summed E-state index contributed by atoms with van der Waals surface area (Å²) in [6.45, 7) is 9.44. The fraction of sp³-hybridized carbons (Fsp3) is 0.400. The van der Waals surface area contributed by atoms with Crippen LogP contribution in [0, 0.1) is 13.8 Å². The Bertz CT molecular complexity index is 504. The van der Waals surface area contributed by atoms with E-state index in [1.165, 1.54) is 47.2 Å². The molecule has 2 radical (unpaired) electrons. The molecule has 0 aliphatic heterocycles. The van der Waals surface area contributed by atoms with Gasteiger partial charge in [0.05, 0.1) is 0 Å². The highest BCUT2D eigenvalue weighted by Crippen LogP contribution is 2.13. The predicted molar refractivity (Wildman–Crippen MR) is 103 cm³/mol. The molecule has 0 nitrogen and oxygen atoms in total. The maximum Gasteiger partial charge on any atom is 0.0346 e. The van der Waals surface area contributed by atoms with Gasteiger partial charge in [0.15, 0.2) is 0 Å². The van der Waals surface area contributed by atoms with E-state index in [9.17, 15) is 0 Å². The number of benzene rings is 2. The molecule has 2 aromatic rings. The van der Waals surface area contributed by atoms with Gasteiger partial charge < -0.3 is 0 Å². The Hall–Kier alpha value is -1.13. The fourth-order valence-electron chi connectivity index (χ4n) is 2.60. The van der Waals surface area contributed by atoms with E-state index in [-0.39, 0.29) is 16.6 Å². The SMILES string of the molecule is Cc1ccc(CC[Si](C)[Si](C)CCc2ccc(C)cc2)cc1. The van der Waals surface area contributed by atoms with Gasteiger partial charge in [-0.3, -0.25) is 0 Å². The highest BCUT2D eigenvalue weighted by molar-refractivity contribution is 7.21. The minimum Gasteiger partial charge on any atom is -0.0733 e. The van der Waals surface area contributed by atoms with Crippen molar-refractivity contribution < 1.29 is 0 Å². The van der Waals surface area contributed by atoms with Crippen LogP contribution in [0.4, 0.5) is 0 Å². The normalized spacial score (nSPS) is 11.4. The minimum absolute atomic E-state index is 0.151. The highest BCUT2D eigenvalue weighted by atomic mass is 29.2. The van der Waals surface area contributed by atoms with Crippen LogP contribution in [-0.4, -0.2) is 16.6 Å². The van der Waals surface area contributed by atoms with Crippen molar-refractivity contribution in [2.45, 2.75) is 51.9 Å². The van der Waals surface area contributed by atoms with Crippen LogP contribution in [0.25, 0.3) is 0 Å². The molecule has 0 amide bonds. The lowest BCUT2D eigenvalue weighted by Gasteiger charge is -2.17. The maximum absolute atomic E-state index is 2.56. The van der Waals surface area contributed by atoms with Crippen molar-refractivity contribution in [3.05, 3.63) is 70.8 Å². The van der Waals surface area contributed by atoms with E-state index >= 15 is 0 Å². The van der Waals surface area contributed by atoms with Gasteiger partial charge in [0.2, 0.25) is 0 Å². The standard InChI is InChI=1S/C20H28Si2/c1-17-5-9-19(10-6-17)13-15-21(3)22(4)16-14-20-11-7-18(2)8-12-20/h5-12H,13-16H2,1-4H3. The van der Waals surface area contributed by atoms with Gasteiger partial charge in [-0.1, -0.05) is 84.8 Å². The van der Waals surface area contributed by atoms with Crippen LogP contribution in [0.3, 0.4) is 0 Å². The lowest BCUT2D eigenvalue weighted by molar-refractivity contribution is 1.10. The Morgan fingerprint density at radius 3 is 1.23 bits per heavy atom. The smallest absolute Gasteiger partial charge is 0.0346 e. The van der Waals surface area contributed by atoms with Gasteiger partial charge in [0.1, 0.15) is 0 Å². The largest absolute Gasteiger partial charge is 0.0733 e. The van der Waals surface area contributed by atoms with E-state index in [1.54, 1.807) is 0 Å². The third-order valence-corrected chi connectivity index (χ3v) is 13.9. The summed E-state index contributed by atoms with van der Waals surface area (Å²) in [6, 6.07) is 21.1. The molecular weight excluding hydrogens is 296 g/mol. The van der Waals surface area contributed by atoms with Crippen LogP contribution in [-0.2, 0) is 12.8 Å². The van der Waals surface area contributed by atoms with Gasteiger partial charge >= 0.3 is 0 Å². The van der Waals surface area contributed by atoms with Gasteiger partial charge in [-0.2, -0.15) is 0 Å². The van der Waals surface area contributed by atoms with Gasteiger partial charge in [-0.25, -0.2) is 0 Å². The lowest BCUT2D eigenvalue weighted by atomic mass is 10.1. The van der Waals surface area contributed by atoms with Crippen LogP contribution >= 0.6 is 0 Å². The molecule has 0 unspecified atom stereocenters. The Morgan fingerprint density at radius 1 is 0.591 bits per heavy atom. The maximum atomic E-state index is 2.56. The summed E-state index contributed by atoms with van der Waals surface area (Å²) in [5.41, 5.74) is 5.76. The van der Waals surface area contributed by atoms with E-state index in [2.05, 4.69) is 75.5 Å². The molecule has 0 aliphatic rings. The summed E-state index contributed by atoms with van der Waals surface area (Å²) >= 11 is 0. The highest BCUT2D eigenvalue weighted by Gasteiger charge is 2.15. The molecule has 0 saturated heterocycles. The molecule has 0 atom stereocenters. The van der Waals surface area contributed by atoms with E-state index in [4.69, 9.17) is 0 Å². The summed E-state index contributed by atoms with van der Waals surface area (Å²) in [6.07, 6.45) is 2.55. The van der Waals surface area contributed by atoms with Crippen molar-refractivity contribution >= 4 is 16.6 Å². The van der Waals surface area contributed by atoms with Gasteiger partial charge in [-0.05, 0) is 37.8 Å². The first-order valence-electron chi connectivity index (χ1n) is 8.31. The first-order valence-corrected chi connectivity index (χ1v) is 13.7. The second-order valence-electron chi connectivity index (χ2n) is 6.53. The van der Waals surface area contributed by atoms with Crippen LogP contribution in [0.5, 0.6) is 0 Å². The van der Waals surface area contributed by atoms with Crippen molar-refractivity contribution in [2.75, 3.05) is 0 Å². The Balaban J connectivity index is 1.75. The molecule has 2 aromatic carbocycles. The zero-order valence-corrected chi connectivity index (χ0v) is 16.4. The molecule has 2 rings (SSSR count). The molecule has 0 spiro atoms. The topological polar surface area (TPSA) is 0 Å². The van der Waals surface area contributed by atoms with Gasteiger partial charge in [0.25, 0.3) is 0 Å². The Labute approximate surface area is 139 Å². The van der Waals surface area contributed by atoms with E-state index < -0.39 is 0 Å². The summed E-state index contributed by atoms with van der Waals surface area (Å²) < 4.78 is 0. The molecular formula is C20H28Si2. The first kappa shape index (κ1) is 17.2. The Morgan fingerprint density at radius 2 is 0.909 bits per heavy atom. The van der Waals surface area contributed by atoms with Crippen molar-refractivity contribution in [3.8, 4) is 0 Å². The zero-order valence-electron chi connectivity index (χ0n) is 14.4. The number of aryl methyl sites for hydroxylation is 4. The van der Waals surface area contributed by atoms with Crippen molar-refractivity contribution in [3.63, 3.8) is 0 Å². The van der Waals surface area contributed by atoms with Crippen LogP contribution in [0.1, 0.15) is 22.3 Å². The third kappa shape index (κ3) is 5.58. The molecule has 0 aliphatic carbocycles. The average Bonchev–Trinajstić information content (AvgIpc) is 2.53. The number of rotatable bonds is 7.